The van der Waals surface area contributed by atoms with Crippen LogP contribution >= 0.6 is 0 Å². The Morgan fingerprint density at radius 2 is 1.54 bits per heavy atom. The summed E-state index contributed by atoms with van der Waals surface area (Å²) < 4.78 is 39.8. The predicted octanol–water partition coefficient (Wildman–Crippen LogP) is 5.42. The van der Waals surface area contributed by atoms with Crippen LogP contribution in [-0.2, 0) is 11.2 Å². The number of carbonyl (C=O) groups is 2. The number of nitrogens with zero attached hydrogens (tertiary/aromatic N) is 1. The maximum absolute atomic E-state index is 13.3. The molecule has 0 heterocycles. The van der Waals surface area contributed by atoms with Crippen LogP contribution in [0.1, 0.15) is 49.2 Å². The van der Waals surface area contributed by atoms with E-state index in [0.717, 1.165) is 12.0 Å². The lowest BCUT2D eigenvalue weighted by Crippen LogP contribution is -2.48. The maximum Gasteiger partial charge on any atom is 0.471 e. The van der Waals surface area contributed by atoms with Crippen molar-refractivity contribution in [3.05, 3.63) is 65.2 Å². The van der Waals surface area contributed by atoms with Gasteiger partial charge < -0.3 is 4.90 Å². The van der Waals surface area contributed by atoms with Crippen LogP contribution in [0, 0.1) is 5.92 Å². The molecule has 1 atom stereocenters. The molecule has 1 amide bonds. The third-order valence-electron chi connectivity index (χ3n) is 4.87. The third kappa shape index (κ3) is 4.61. The summed E-state index contributed by atoms with van der Waals surface area (Å²) in [5, 5.41) is 0. The Hall–Kier alpha value is -2.63. The molecule has 0 N–H and O–H groups in total. The van der Waals surface area contributed by atoms with Crippen molar-refractivity contribution >= 4 is 17.4 Å². The molecule has 2 rings (SSSR count). The molecule has 150 valence electrons. The highest BCUT2D eigenvalue weighted by atomic mass is 19.4. The highest BCUT2D eigenvalue weighted by molar-refractivity contribution is 6.14. The van der Waals surface area contributed by atoms with Crippen LogP contribution in [0.4, 0.5) is 18.9 Å². The fourth-order valence-corrected chi connectivity index (χ4v) is 2.87. The number of hydrogen-bond acceptors (Lipinski definition) is 2. The molecule has 2 aromatic carbocycles. The average molecular weight is 391 g/mol. The number of rotatable bonds is 6. The molecule has 2 aromatic rings. The molecule has 0 radical (unpaired) electrons. The molecule has 1 unspecified atom stereocenters. The van der Waals surface area contributed by atoms with Gasteiger partial charge in [0.1, 0.15) is 0 Å². The van der Waals surface area contributed by atoms with Gasteiger partial charge in [-0.05, 0) is 37.0 Å². The van der Waals surface area contributed by atoms with Crippen molar-refractivity contribution in [2.24, 2.45) is 5.92 Å². The molecule has 3 nitrogen and oxygen atoms in total. The second-order valence-corrected chi connectivity index (χ2v) is 7.05. The second-order valence-electron chi connectivity index (χ2n) is 7.05. The van der Waals surface area contributed by atoms with Gasteiger partial charge in [-0.3, -0.25) is 9.59 Å². The molecule has 28 heavy (non-hydrogen) atoms. The quantitative estimate of drug-likeness (QED) is 0.617. The number of amides is 1. The van der Waals surface area contributed by atoms with E-state index in [4.69, 9.17) is 0 Å². The van der Waals surface area contributed by atoms with Crippen molar-refractivity contribution in [1.82, 2.24) is 0 Å². The zero-order valence-electron chi connectivity index (χ0n) is 16.4. The first kappa shape index (κ1) is 21.7. The van der Waals surface area contributed by atoms with Gasteiger partial charge in [0, 0.05) is 17.2 Å². The highest BCUT2D eigenvalue weighted by Gasteiger charge is 2.45. The summed E-state index contributed by atoms with van der Waals surface area (Å²) in [5.74, 6) is -2.64. The summed E-state index contributed by atoms with van der Waals surface area (Å²) in [6.45, 7) is 7.00. The Bertz CT molecular complexity index is 842. The number of halogens is 3. The van der Waals surface area contributed by atoms with Gasteiger partial charge in [0.25, 0.3) is 0 Å². The van der Waals surface area contributed by atoms with E-state index in [1.54, 1.807) is 39.0 Å². The van der Waals surface area contributed by atoms with E-state index in [0.29, 0.717) is 10.5 Å². The second kappa shape index (κ2) is 8.59. The van der Waals surface area contributed by atoms with Gasteiger partial charge in [0.2, 0.25) is 0 Å². The molecule has 0 aliphatic heterocycles. The summed E-state index contributed by atoms with van der Waals surface area (Å²) in [5.41, 5.74) is 1.45. The van der Waals surface area contributed by atoms with Crippen LogP contribution in [0.15, 0.2) is 48.5 Å². The van der Waals surface area contributed by atoms with Crippen LogP contribution in [-0.4, -0.2) is 23.9 Å². The van der Waals surface area contributed by atoms with Gasteiger partial charge in [0.05, 0.1) is 5.69 Å². The smallest absolute Gasteiger partial charge is 0.301 e. The van der Waals surface area contributed by atoms with E-state index >= 15 is 0 Å². The summed E-state index contributed by atoms with van der Waals surface area (Å²) in [7, 11) is 0. The van der Waals surface area contributed by atoms with Gasteiger partial charge in [-0.1, -0.05) is 57.2 Å². The Morgan fingerprint density at radius 1 is 0.964 bits per heavy atom. The van der Waals surface area contributed by atoms with Crippen LogP contribution in [0.5, 0.6) is 0 Å². The van der Waals surface area contributed by atoms with Crippen molar-refractivity contribution in [2.75, 3.05) is 4.90 Å². The van der Waals surface area contributed by atoms with Gasteiger partial charge >= 0.3 is 12.1 Å². The molecular formula is C22H24F3NO2. The number of para-hydroxylation sites is 1. The Balaban J connectivity index is 2.57. The lowest BCUT2D eigenvalue weighted by Gasteiger charge is -2.33. The lowest BCUT2D eigenvalue weighted by molar-refractivity contribution is -0.171. The highest BCUT2D eigenvalue weighted by Crippen LogP contribution is 2.31. The van der Waals surface area contributed by atoms with E-state index < -0.39 is 23.9 Å². The van der Waals surface area contributed by atoms with E-state index in [1.807, 2.05) is 19.1 Å². The first-order chi connectivity index (χ1) is 13.1. The number of benzene rings is 2. The summed E-state index contributed by atoms with van der Waals surface area (Å²) in [6, 6.07) is 12.1. The first-order valence-corrected chi connectivity index (χ1v) is 9.21. The Kier molecular flexibility index (Phi) is 6.65. The topological polar surface area (TPSA) is 37.4 Å². The number of alkyl halides is 3. The first-order valence-electron chi connectivity index (χ1n) is 9.21. The van der Waals surface area contributed by atoms with Crippen molar-refractivity contribution in [3.63, 3.8) is 0 Å². The molecule has 0 aromatic heterocycles. The van der Waals surface area contributed by atoms with Gasteiger partial charge in [-0.15, -0.1) is 0 Å². The molecule has 0 fully saturated rings. The molecule has 0 saturated heterocycles. The van der Waals surface area contributed by atoms with Crippen molar-refractivity contribution in [3.8, 4) is 0 Å². The number of hydrogen-bond donors (Lipinski definition) is 0. The van der Waals surface area contributed by atoms with Crippen LogP contribution in [0.3, 0.4) is 0 Å². The monoisotopic (exact) mass is 391 g/mol. The van der Waals surface area contributed by atoms with E-state index in [9.17, 15) is 22.8 Å². The summed E-state index contributed by atoms with van der Waals surface area (Å²) in [4.78, 5) is 25.9. The zero-order chi connectivity index (χ0) is 21.1. The van der Waals surface area contributed by atoms with Crippen LogP contribution in [0.2, 0.25) is 0 Å². The lowest BCUT2D eigenvalue weighted by atomic mass is 9.97. The van der Waals surface area contributed by atoms with Gasteiger partial charge in [-0.2, -0.15) is 13.2 Å². The van der Waals surface area contributed by atoms with E-state index in [1.165, 1.54) is 18.2 Å². The van der Waals surface area contributed by atoms with Gasteiger partial charge in [-0.25, -0.2) is 0 Å². The van der Waals surface area contributed by atoms with Crippen LogP contribution < -0.4 is 4.90 Å². The minimum Gasteiger partial charge on any atom is -0.301 e. The summed E-state index contributed by atoms with van der Waals surface area (Å²) in [6.07, 6.45) is -4.23. The van der Waals surface area contributed by atoms with Crippen LogP contribution in [0.25, 0.3) is 0 Å². The van der Waals surface area contributed by atoms with Crippen molar-refractivity contribution in [1.29, 1.82) is 0 Å². The summed E-state index contributed by atoms with van der Waals surface area (Å²) >= 11 is 0. The van der Waals surface area contributed by atoms with E-state index in [-0.39, 0.29) is 17.2 Å². The van der Waals surface area contributed by atoms with Gasteiger partial charge in [0.15, 0.2) is 5.78 Å². The minimum absolute atomic E-state index is 0.0319. The minimum atomic E-state index is -5.04. The Labute approximate surface area is 163 Å². The van der Waals surface area contributed by atoms with E-state index in [2.05, 4.69) is 0 Å². The third-order valence-corrected chi connectivity index (χ3v) is 4.87. The fraction of sp³-hybridized carbons (Fsp3) is 0.364. The number of carbonyl (C=O) groups excluding carboxylic acids is 2. The predicted molar refractivity (Wildman–Crippen MR) is 104 cm³/mol. The Morgan fingerprint density at radius 3 is 2.04 bits per heavy atom. The number of aryl methyl sites for hydroxylation is 1. The molecule has 0 aliphatic carbocycles. The van der Waals surface area contributed by atoms with Crippen molar-refractivity contribution < 1.29 is 22.8 Å². The normalized spacial score (nSPS) is 12.7. The standard InChI is InChI=1S/C22H24F3NO2/c1-5-16-10-12-17(13-11-16)20(27)18-8-6-7-9-19(18)26(15(4)14(2)3)21(28)22(23,24)25/h6-15H,5H2,1-4H3. The molecule has 0 saturated carbocycles. The molecule has 6 heteroatoms. The molecular weight excluding hydrogens is 367 g/mol. The largest absolute Gasteiger partial charge is 0.471 e. The fourth-order valence-electron chi connectivity index (χ4n) is 2.87. The molecule has 0 bridgehead atoms. The SMILES string of the molecule is CCc1ccc(C(=O)c2ccccc2N(C(=O)C(F)(F)F)C(C)C(C)C)cc1. The molecule has 0 spiro atoms. The molecule has 0 aliphatic rings. The average Bonchev–Trinajstić information content (AvgIpc) is 2.67. The van der Waals surface area contributed by atoms with Crippen molar-refractivity contribution in [2.45, 2.75) is 46.3 Å². The zero-order valence-corrected chi connectivity index (χ0v) is 16.4. The number of anilines is 1. The number of ketones is 1. The maximum atomic E-state index is 13.3.